The topological polar surface area (TPSA) is 26.3 Å². The van der Waals surface area contributed by atoms with Gasteiger partial charge in [0.15, 0.2) is 0 Å². The lowest BCUT2D eigenvalue weighted by Crippen LogP contribution is -2.35. The van der Waals surface area contributed by atoms with Crippen LogP contribution in [-0.2, 0) is 9.53 Å². The molecule has 0 heterocycles. The molecule has 0 saturated heterocycles. The van der Waals surface area contributed by atoms with Gasteiger partial charge in [0.25, 0.3) is 0 Å². The molecule has 2 nitrogen and oxygen atoms in total. The molecule has 0 aromatic rings. The molecule has 0 aromatic heterocycles. The van der Waals surface area contributed by atoms with Crippen LogP contribution >= 0.6 is 0 Å². The van der Waals surface area contributed by atoms with Crippen LogP contribution in [0, 0.1) is 23.7 Å². The Morgan fingerprint density at radius 3 is 2.22 bits per heavy atom. The van der Waals surface area contributed by atoms with E-state index >= 15 is 0 Å². The minimum absolute atomic E-state index is 0.356. The smallest absolute Gasteiger partial charge is 0.136 e. The molecular weight excluding hydrogens is 224 g/mol. The monoisotopic (exact) mass is 252 g/mol. The second-order valence-electron chi connectivity index (χ2n) is 6.70. The van der Waals surface area contributed by atoms with E-state index in [0.717, 1.165) is 50.5 Å². The fourth-order valence-electron chi connectivity index (χ4n) is 3.87. The Kier molecular flexibility index (Phi) is 4.83. The third kappa shape index (κ3) is 3.57. The summed E-state index contributed by atoms with van der Waals surface area (Å²) in [7, 11) is 0. The maximum absolute atomic E-state index is 12.3. The Hall–Kier alpha value is -0.370. The number of carbonyl (C=O) groups excluding carboxylic acids is 1. The normalized spacial score (nSPS) is 40.3. The van der Waals surface area contributed by atoms with Gasteiger partial charge in [0.05, 0.1) is 6.10 Å². The van der Waals surface area contributed by atoms with Gasteiger partial charge in [0, 0.05) is 18.9 Å². The predicted molar refractivity (Wildman–Crippen MR) is 73.4 cm³/mol. The molecule has 2 rings (SSSR count). The zero-order valence-corrected chi connectivity index (χ0v) is 12.2. The van der Waals surface area contributed by atoms with Crippen LogP contribution in [0.5, 0.6) is 0 Å². The van der Waals surface area contributed by atoms with E-state index in [1.807, 2.05) is 6.92 Å². The van der Waals surface area contributed by atoms with Gasteiger partial charge in [-0.1, -0.05) is 13.8 Å². The highest BCUT2D eigenvalue weighted by molar-refractivity contribution is 5.81. The maximum Gasteiger partial charge on any atom is 0.136 e. The van der Waals surface area contributed by atoms with Crippen molar-refractivity contribution in [3.05, 3.63) is 0 Å². The van der Waals surface area contributed by atoms with E-state index in [0.29, 0.717) is 23.7 Å². The van der Waals surface area contributed by atoms with Crippen LogP contribution in [-0.4, -0.2) is 18.5 Å². The molecule has 18 heavy (non-hydrogen) atoms. The van der Waals surface area contributed by atoms with Crippen molar-refractivity contribution >= 4 is 5.78 Å². The first-order valence-corrected chi connectivity index (χ1v) is 7.72. The molecule has 0 spiro atoms. The lowest BCUT2D eigenvalue weighted by molar-refractivity contribution is -0.128. The summed E-state index contributed by atoms with van der Waals surface area (Å²) in [6.07, 6.45) is 7.04. The van der Waals surface area contributed by atoms with Gasteiger partial charge in [-0.3, -0.25) is 4.79 Å². The Balaban J connectivity index is 1.72. The highest BCUT2D eigenvalue weighted by atomic mass is 16.5. The SMILES string of the molecule is CCOC1CC(CC(=O)C2CC(C)CC(C)C2)C1. The molecule has 2 atom stereocenters. The average Bonchev–Trinajstić information content (AvgIpc) is 2.24. The number of hydrogen-bond donors (Lipinski definition) is 0. The molecule has 2 unspecified atom stereocenters. The van der Waals surface area contributed by atoms with E-state index in [9.17, 15) is 4.79 Å². The van der Waals surface area contributed by atoms with Gasteiger partial charge in [0.1, 0.15) is 5.78 Å². The minimum atomic E-state index is 0.356. The number of ketones is 1. The zero-order valence-electron chi connectivity index (χ0n) is 12.2. The van der Waals surface area contributed by atoms with Crippen LogP contribution in [0.2, 0.25) is 0 Å². The second kappa shape index (κ2) is 6.18. The molecule has 0 amide bonds. The zero-order chi connectivity index (χ0) is 13.1. The maximum atomic E-state index is 12.3. The summed E-state index contributed by atoms with van der Waals surface area (Å²) >= 11 is 0. The van der Waals surface area contributed by atoms with Crippen molar-refractivity contribution in [1.29, 1.82) is 0 Å². The predicted octanol–water partition coefficient (Wildman–Crippen LogP) is 3.83. The summed E-state index contributed by atoms with van der Waals surface area (Å²) < 4.78 is 5.56. The fraction of sp³-hybridized carbons (Fsp3) is 0.938. The van der Waals surface area contributed by atoms with E-state index in [1.165, 1.54) is 6.42 Å². The second-order valence-corrected chi connectivity index (χ2v) is 6.70. The van der Waals surface area contributed by atoms with Crippen LogP contribution in [0.25, 0.3) is 0 Å². The van der Waals surface area contributed by atoms with Crippen LogP contribution in [0.4, 0.5) is 0 Å². The summed E-state index contributed by atoms with van der Waals surface area (Å²) in [5.41, 5.74) is 0. The third-order valence-electron chi connectivity index (χ3n) is 4.72. The van der Waals surface area contributed by atoms with Gasteiger partial charge in [-0.15, -0.1) is 0 Å². The van der Waals surface area contributed by atoms with Crippen molar-refractivity contribution in [2.24, 2.45) is 23.7 Å². The van der Waals surface area contributed by atoms with E-state index < -0.39 is 0 Å². The average molecular weight is 252 g/mol. The number of rotatable bonds is 5. The van der Waals surface area contributed by atoms with Crippen LogP contribution < -0.4 is 0 Å². The summed E-state index contributed by atoms with van der Waals surface area (Å²) in [6, 6.07) is 0. The van der Waals surface area contributed by atoms with E-state index in [-0.39, 0.29) is 0 Å². The van der Waals surface area contributed by atoms with Gasteiger partial charge in [-0.05, 0) is 56.8 Å². The molecule has 0 aliphatic heterocycles. The van der Waals surface area contributed by atoms with Gasteiger partial charge in [0.2, 0.25) is 0 Å². The van der Waals surface area contributed by atoms with Gasteiger partial charge < -0.3 is 4.74 Å². The quantitative estimate of drug-likeness (QED) is 0.743. The molecule has 2 aliphatic rings. The van der Waals surface area contributed by atoms with Crippen LogP contribution in [0.3, 0.4) is 0 Å². The molecule has 0 bridgehead atoms. The first-order valence-electron chi connectivity index (χ1n) is 7.72. The Morgan fingerprint density at radius 2 is 1.67 bits per heavy atom. The highest BCUT2D eigenvalue weighted by Gasteiger charge is 2.34. The number of Topliss-reactive ketones (excluding diaryl/α,β-unsaturated/α-hetero) is 1. The van der Waals surface area contributed by atoms with E-state index in [4.69, 9.17) is 4.74 Å². The number of carbonyl (C=O) groups is 1. The standard InChI is InChI=1S/C16H28O2/c1-4-18-15-8-13(9-15)10-16(17)14-6-11(2)5-12(3)7-14/h11-15H,4-10H2,1-3H3. The largest absolute Gasteiger partial charge is 0.378 e. The van der Waals surface area contributed by atoms with E-state index in [1.54, 1.807) is 0 Å². The van der Waals surface area contributed by atoms with Crippen molar-refractivity contribution in [2.45, 2.75) is 65.4 Å². The van der Waals surface area contributed by atoms with Gasteiger partial charge >= 0.3 is 0 Å². The van der Waals surface area contributed by atoms with E-state index in [2.05, 4.69) is 13.8 Å². The first kappa shape index (κ1) is 14.0. The third-order valence-corrected chi connectivity index (χ3v) is 4.72. The molecule has 2 heteroatoms. The Labute approximate surface area is 111 Å². The van der Waals surface area contributed by atoms with Gasteiger partial charge in [-0.25, -0.2) is 0 Å². The summed E-state index contributed by atoms with van der Waals surface area (Å²) in [5, 5.41) is 0. The molecule has 0 aromatic carbocycles. The molecule has 0 radical (unpaired) electrons. The Morgan fingerprint density at radius 1 is 1.06 bits per heavy atom. The molecule has 104 valence electrons. The molecule has 2 saturated carbocycles. The van der Waals surface area contributed by atoms with Crippen molar-refractivity contribution < 1.29 is 9.53 Å². The van der Waals surface area contributed by atoms with Crippen molar-refractivity contribution in [2.75, 3.05) is 6.61 Å². The summed E-state index contributed by atoms with van der Waals surface area (Å²) in [6.45, 7) is 7.45. The number of ether oxygens (including phenoxy) is 1. The molecule has 2 aliphatic carbocycles. The lowest BCUT2D eigenvalue weighted by Gasteiger charge is -2.36. The van der Waals surface area contributed by atoms with Gasteiger partial charge in [-0.2, -0.15) is 0 Å². The molecular formula is C16H28O2. The minimum Gasteiger partial charge on any atom is -0.378 e. The van der Waals surface area contributed by atoms with Crippen LogP contribution in [0.1, 0.15) is 59.3 Å². The molecule has 2 fully saturated rings. The van der Waals surface area contributed by atoms with Crippen LogP contribution in [0.15, 0.2) is 0 Å². The summed E-state index contributed by atoms with van der Waals surface area (Å²) in [4.78, 5) is 12.3. The van der Waals surface area contributed by atoms with Crippen molar-refractivity contribution in [3.63, 3.8) is 0 Å². The Bertz CT molecular complexity index is 271. The highest BCUT2D eigenvalue weighted by Crippen LogP contribution is 2.38. The lowest BCUT2D eigenvalue weighted by atomic mass is 9.71. The summed E-state index contributed by atoms with van der Waals surface area (Å²) in [5.74, 6) is 2.98. The molecule has 0 N–H and O–H groups in total. The van der Waals surface area contributed by atoms with Crippen molar-refractivity contribution in [3.8, 4) is 0 Å². The first-order chi connectivity index (χ1) is 8.58. The van der Waals surface area contributed by atoms with Crippen molar-refractivity contribution in [1.82, 2.24) is 0 Å². The fourth-order valence-corrected chi connectivity index (χ4v) is 3.87. The number of hydrogen-bond acceptors (Lipinski definition) is 2.